The smallest absolute Gasteiger partial charge is 0.194 e. The van der Waals surface area contributed by atoms with Crippen molar-refractivity contribution in [2.75, 3.05) is 6.61 Å². The highest BCUT2D eigenvalue weighted by Crippen LogP contribution is 2.34. The highest BCUT2D eigenvalue weighted by atomic mass is 16.2. The number of aliphatic hydroxyl groups is 1. The predicted octanol–water partition coefficient (Wildman–Crippen LogP) is 3.90. The fraction of sp³-hybridized carbons (Fsp3) is 0.333. The SMILES string of the molecule is CC(C)(CCCCO)c1ccc2c(c1)C(=O)c1ccccc1C2=O. The molecule has 1 aliphatic carbocycles. The number of unbranched alkanes of at least 4 members (excludes halogenated alkanes) is 1. The number of hydrogen-bond donors (Lipinski definition) is 1. The Morgan fingerprint density at radius 2 is 1.42 bits per heavy atom. The fourth-order valence-electron chi connectivity index (χ4n) is 3.34. The summed E-state index contributed by atoms with van der Waals surface area (Å²) in [6.07, 6.45) is 2.63. The average Bonchev–Trinajstić information content (AvgIpc) is 2.59. The molecule has 1 N–H and O–H groups in total. The number of benzene rings is 2. The molecule has 0 fully saturated rings. The van der Waals surface area contributed by atoms with E-state index >= 15 is 0 Å². The molecule has 2 aromatic rings. The van der Waals surface area contributed by atoms with Crippen molar-refractivity contribution in [2.45, 2.75) is 38.5 Å². The van der Waals surface area contributed by atoms with Crippen molar-refractivity contribution in [1.29, 1.82) is 0 Å². The van der Waals surface area contributed by atoms with Crippen LogP contribution in [-0.2, 0) is 5.41 Å². The molecule has 3 heteroatoms. The maximum Gasteiger partial charge on any atom is 0.194 e. The summed E-state index contributed by atoms with van der Waals surface area (Å²) in [5.74, 6) is -0.155. The van der Waals surface area contributed by atoms with Gasteiger partial charge in [-0.1, -0.05) is 50.6 Å². The molecule has 0 aromatic heterocycles. The monoisotopic (exact) mass is 322 g/mol. The molecule has 0 spiro atoms. The Hall–Kier alpha value is -2.26. The van der Waals surface area contributed by atoms with E-state index in [2.05, 4.69) is 13.8 Å². The van der Waals surface area contributed by atoms with Crippen molar-refractivity contribution in [3.05, 3.63) is 70.3 Å². The molecule has 0 radical (unpaired) electrons. The Kier molecular flexibility index (Phi) is 4.37. The van der Waals surface area contributed by atoms with Crippen LogP contribution in [0, 0.1) is 0 Å². The zero-order valence-corrected chi connectivity index (χ0v) is 14.1. The van der Waals surface area contributed by atoms with Gasteiger partial charge in [-0.2, -0.15) is 0 Å². The maximum absolute atomic E-state index is 12.8. The molecule has 0 bridgehead atoms. The first kappa shape index (κ1) is 16.6. The zero-order valence-electron chi connectivity index (χ0n) is 14.1. The number of aliphatic hydroxyl groups excluding tert-OH is 1. The quantitative estimate of drug-likeness (QED) is 0.725. The molecule has 0 amide bonds. The Morgan fingerprint density at radius 3 is 2.04 bits per heavy atom. The second-order valence-corrected chi connectivity index (χ2v) is 7.03. The summed E-state index contributed by atoms with van der Waals surface area (Å²) in [6, 6.07) is 12.6. The molecule has 0 heterocycles. The van der Waals surface area contributed by atoms with E-state index in [9.17, 15) is 9.59 Å². The molecule has 3 rings (SSSR count). The van der Waals surface area contributed by atoms with E-state index < -0.39 is 0 Å². The minimum absolute atomic E-state index is 0.0757. The number of ketones is 2. The van der Waals surface area contributed by atoms with Crippen LogP contribution in [0.25, 0.3) is 0 Å². The first-order chi connectivity index (χ1) is 11.5. The molecule has 3 nitrogen and oxygen atoms in total. The summed E-state index contributed by atoms with van der Waals surface area (Å²) in [5.41, 5.74) is 2.93. The van der Waals surface area contributed by atoms with Gasteiger partial charge in [-0.15, -0.1) is 0 Å². The van der Waals surface area contributed by atoms with Crippen LogP contribution >= 0.6 is 0 Å². The van der Waals surface area contributed by atoms with E-state index in [1.807, 2.05) is 12.1 Å². The number of hydrogen-bond acceptors (Lipinski definition) is 3. The summed E-state index contributed by atoms with van der Waals surface area (Å²) >= 11 is 0. The second kappa shape index (κ2) is 6.33. The van der Waals surface area contributed by atoms with Crippen molar-refractivity contribution in [1.82, 2.24) is 0 Å². The van der Waals surface area contributed by atoms with E-state index in [-0.39, 0.29) is 23.6 Å². The Morgan fingerprint density at radius 1 is 0.833 bits per heavy atom. The predicted molar refractivity (Wildman–Crippen MR) is 93.7 cm³/mol. The lowest BCUT2D eigenvalue weighted by atomic mass is 9.76. The molecule has 2 aromatic carbocycles. The molecule has 0 aliphatic heterocycles. The van der Waals surface area contributed by atoms with Gasteiger partial charge in [0.25, 0.3) is 0 Å². The molecule has 0 saturated carbocycles. The van der Waals surface area contributed by atoms with Gasteiger partial charge in [0.05, 0.1) is 0 Å². The third kappa shape index (κ3) is 2.80. The zero-order chi connectivity index (χ0) is 17.3. The van der Waals surface area contributed by atoms with Crippen molar-refractivity contribution in [2.24, 2.45) is 0 Å². The van der Waals surface area contributed by atoms with Crippen molar-refractivity contribution >= 4 is 11.6 Å². The van der Waals surface area contributed by atoms with Gasteiger partial charge in [0.15, 0.2) is 11.6 Å². The van der Waals surface area contributed by atoms with Gasteiger partial charge in [-0.25, -0.2) is 0 Å². The summed E-state index contributed by atoms with van der Waals surface area (Å²) in [7, 11) is 0. The van der Waals surface area contributed by atoms with Gasteiger partial charge in [0, 0.05) is 28.9 Å². The molecular weight excluding hydrogens is 300 g/mol. The van der Waals surface area contributed by atoms with Crippen LogP contribution < -0.4 is 0 Å². The minimum atomic E-state index is -0.107. The van der Waals surface area contributed by atoms with Crippen LogP contribution in [0.2, 0.25) is 0 Å². The van der Waals surface area contributed by atoms with Gasteiger partial charge < -0.3 is 5.11 Å². The summed E-state index contributed by atoms with van der Waals surface area (Å²) < 4.78 is 0. The number of carbonyl (C=O) groups is 2. The van der Waals surface area contributed by atoms with Gasteiger partial charge in [-0.3, -0.25) is 9.59 Å². The van der Waals surface area contributed by atoms with E-state index in [1.54, 1.807) is 30.3 Å². The third-order valence-corrected chi connectivity index (χ3v) is 4.92. The van der Waals surface area contributed by atoms with Crippen LogP contribution in [-0.4, -0.2) is 23.3 Å². The highest BCUT2D eigenvalue weighted by Gasteiger charge is 2.31. The summed E-state index contributed by atoms with van der Waals surface area (Å²) in [5, 5.41) is 8.97. The maximum atomic E-state index is 12.8. The molecule has 1 aliphatic rings. The van der Waals surface area contributed by atoms with E-state index in [1.165, 1.54) is 0 Å². The first-order valence-corrected chi connectivity index (χ1v) is 8.39. The average molecular weight is 322 g/mol. The Bertz CT molecular complexity index is 802. The van der Waals surface area contributed by atoms with Crippen molar-refractivity contribution in [3.8, 4) is 0 Å². The normalized spacial score (nSPS) is 13.6. The first-order valence-electron chi connectivity index (χ1n) is 8.39. The summed E-state index contributed by atoms with van der Waals surface area (Å²) in [4.78, 5) is 25.5. The van der Waals surface area contributed by atoms with E-state index in [0.29, 0.717) is 22.3 Å². The Balaban J connectivity index is 1.99. The van der Waals surface area contributed by atoms with Crippen LogP contribution in [0.4, 0.5) is 0 Å². The molecule has 0 unspecified atom stereocenters. The van der Waals surface area contributed by atoms with Crippen LogP contribution in [0.1, 0.15) is 70.5 Å². The molecule has 24 heavy (non-hydrogen) atoms. The van der Waals surface area contributed by atoms with E-state index in [0.717, 1.165) is 24.8 Å². The van der Waals surface area contributed by atoms with Gasteiger partial charge >= 0.3 is 0 Å². The number of rotatable bonds is 5. The minimum Gasteiger partial charge on any atom is -0.396 e. The lowest BCUT2D eigenvalue weighted by Crippen LogP contribution is -2.23. The van der Waals surface area contributed by atoms with Gasteiger partial charge in [0.2, 0.25) is 0 Å². The lowest BCUT2D eigenvalue weighted by Gasteiger charge is -2.27. The topological polar surface area (TPSA) is 54.4 Å². The highest BCUT2D eigenvalue weighted by molar-refractivity contribution is 6.28. The van der Waals surface area contributed by atoms with Crippen molar-refractivity contribution in [3.63, 3.8) is 0 Å². The third-order valence-electron chi connectivity index (χ3n) is 4.92. The number of carbonyl (C=O) groups excluding carboxylic acids is 2. The standard InChI is InChI=1S/C21H22O3/c1-21(2,11-5-6-12-22)14-9-10-17-18(13-14)20(24)16-8-4-3-7-15(16)19(17)23/h3-4,7-10,13,22H,5-6,11-12H2,1-2H3. The number of fused-ring (bicyclic) bond motifs is 2. The van der Waals surface area contributed by atoms with Gasteiger partial charge in [-0.05, 0) is 36.0 Å². The largest absolute Gasteiger partial charge is 0.396 e. The van der Waals surface area contributed by atoms with Crippen LogP contribution in [0.3, 0.4) is 0 Å². The molecule has 0 saturated heterocycles. The van der Waals surface area contributed by atoms with Crippen LogP contribution in [0.5, 0.6) is 0 Å². The fourth-order valence-corrected chi connectivity index (χ4v) is 3.34. The molecule has 124 valence electrons. The molecular formula is C21H22O3. The van der Waals surface area contributed by atoms with E-state index in [4.69, 9.17) is 5.11 Å². The lowest BCUT2D eigenvalue weighted by molar-refractivity contribution is 0.0979. The summed E-state index contributed by atoms with van der Waals surface area (Å²) in [6.45, 7) is 4.47. The second-order valence-electron chi connectivity index (χ2n) is 7.03. The van der Waals surface area contributed by atoms with Crippen LogP contribution in [0.15, 0.2) is 42.5 Å². The van der Waals surface area contributed by atoms with Gasteiger partial charge in [0.1, 0.15) is 0 Å². The molecule has 0 atom stereocenters. The van der Waals surface area contributed by atoms with Crippen molar-refractivity contribution < 1.29 is 14.7 Å². The Labute approximate surface area is 142 Å².